The molecule has 0 aliphatic heterocycles. The molecule has 22 heavy (non-hydrogen) atoms. The maximum absolute atomic E-state index is 11.5. The molecule has 0 saturated heterocycles. The quantitative estimate of drug-likeness (QED) is 0.694. The second kappa shape index (κ2) is 7.22. The van der Waals surface area contributed by atoms with E-state index < -0.39 is 5.97 Å². The van der Waals surface area contributed by atoms with Gasteiger partial charge in [-0.2, -0.15) is 0 Å². The van der Waals surface area contributed by atoms with Crippen LogP contribution >= 0.6 is 0 Å². The summed E-state index contributed by atoms with van der Waals surface area (Å²) in [5, 5.41) is 2.84. The van der Waals surface area contributed by atoms with E-state index in [1.54, 1.807) is 6.08 Å². The van der Waals surface area contributed by atoms with Crippen molar-refractivity contribution in [1.82, 2.24) is 0 Å². The lowest BCUT2D eigenvalue weighted by Gasteiger charge is -2.13. The third-order valence-corrected chi connectivity index (χ3v) is 3.08. The number of para-hydroxylation sites is 1. The zero-order valence-electron chi connectivity index (χ0n) is 12.5. The van der Waals surface area contributed by atoms with Crippen LogP contribution in [0.2, 0.25) is 0 Å². The predicted octanol–water partition coefficient (Wildman–Crippen LogP) is 3.50. The van der Waals surface area contributed by atoms with Crippen LogP contribution < -0.4 is 5.32 Å². The summed E-state index contributed by atoms with van der Waals surface area (Å²) >= 11 is 0. The molecule has 0 fully saturated rings. The Kier molecular flexibility index (Phi) is 5.09. The molecule has 0 spiro atoms. The van der Waals surface area contributed by atoms with Crippen LogP contribution in [-0.4, -0.2) is 19.0 Å². The number of esters is 1. The molecule has 2 rings (SSSR count). The standard InChI is InChI=1S/C18H17NO3/c1-13(20)19-18-15(11-12-17(21)22-2)9-6-10-16(18)14-7-4-3-5-8-14/h3-12H,1-2H3,(H,19,20)/b12-11+. The fraction of sp³-hybridized carbons (Fsp3) is 0.111. The Bertz CT molecular complexity index is 706. The van der Waals surface area contributed by atoms with E-state index in [-0.39, 0.29) is 5.91 Å². The van der Waals surface area contributed by atoms with Crippen LogP contribution in [-0.2, 0) is 14.3 Å². The number of nitrogens with one attached hydrogen (secondary N) is 1. The van der Waals surface area contributed by atoms with Gasteiger partial charge in [0.25, 0.3) is 0 Å². The maximum atomic E-state index is 11.5. The summed E-state index contributed by atoms with van der Waals surface area (Å²) in [5.74, 6) is -0.616. The van der Waals surface area contributed by atoms with Gasteiger partial charge in [-0.1, -0.05) is 48.5 Å². The second-order valence-corrected chi connectivity index (χ2v) is 4.67. The zero-order valence-corrected chi connectivity index (χ0v) is 12.5. The minimum atomic E-state index is -0.445. The van der Waals surface area contributed by atoms with Gasteiger partial charge in [-0.15, -0.1) is 0 Å². The van der Waals surface area contributed by atoms with E-state index in [2.05, 4.69) is 10.1 Å². The number of amides is 1. The fourth-order valence-electron chi connectivity index (χ4n) is 2.11. The zero-order chi connectivity index (χ0) is 15.9. The van der Waals surface area contributed by atoms with E-state index in [0.29, 0.717) is 5.69 Å². The number of methoxy groups -OCH3 is 1. The summed E-state index contributed by atoms with van der Waals surface area (Å²) in [6.45, 7) is 1.45. The maximum Gasteiger partial charge on any atom is 0.330 e. The van der Waals surface area contributed by atoms with Crippen molar-refractivity contribution >= 4 is 23.6 Å². The van der Waals surface area contributed by atoms with Crippen LogP contribution in [0.15, 0.2) is 54.6 Å². The number of benzene rings is 2. The Morgan fingerprint density at radius 3 is 2.41 bits per heavy atom. The molecule has 4 nitrogen and oxygen atoms in total. The van der Waals surface area contributed by atoms with Gasteiger partial charge in [-0.3, -0.25) is 4.79 Å². The lowest BCUT2D eigenvalue weighted by Crippen LogP contribution is -2.08. The van der Waals surface area contributed by atoms with Gasteiger partial charge in [0.1, 0.15) is 0 Å². The first-order chi connectivity index (χ1) is 10.6. The average Bonchev–Trinajstić information content (AvgIpc) is 2.53. The summed E-state index contributed by atoms with van der Waals surface area (Å²) in [5.41, 5.74) is 3.28. The third kappa shape index (κ3) is 3.82. The smallest absolute Gasteiger partial charge is 0.330 e. The Morgan fingerprint density at radius 2 is 1.77 bits per heavy atom. The second-order valence-electron chi connectivity index (χ2n) is 4.67. The number of ether oxygens (including phenoxy) is 1. The molecular formula is C18H17NO3. The van der Waals surface area contributed by atoms with Crippen LogP contribution in [0.1, 0.15) is 12.5 Å². The van der Waals surface area contributed by atoms with E-state index in [4.69, 9.17) is 0 Å². The van der Waals surface area contributed by atoms with Gasteiger partial charge in [0.2, 0.25) is 5.91 Å². The number of carbonyl (C=O) groups is 2. The van der Waals surface area contributed by atoms with Crippen LogP contribution in [0.25, 0.3) is 17.2 Å². The summed E-state index contributed by atoms with van der Waals surface area (Å²) in [6.07, 6.45) is 2.96. The molecule has 0 aliphatic carbocycles. The topological polar surface area (TPSA) is 55.4 Å². The molecule has 0 saturated carbocycles. The first kappa shape index (κ1) is 15.5. The number of hydrogen-bond acceptors (Lipinski definition) is 3. The molecule has 1 N–H and O–H groups in total. The third-order valence-electron chi connectivity index (χ3n) is 3.08. The largest absolute Gasteiger partial charge is 0.466 e. The highest BCUT2D eigenvalue weighted by atomic mass is 16.5. The SMILES string of the molecule is COC(=O)/C=C/c1cccc(-c2ccccc2)c1NC(C)=O. The minimum Gasteiger partial charge on any atom is -0.466 e. The normalized spacial score (nSPS) is 10.5. The van der Waals surface area contributed by atoms with E-state index in [1.807, 2.05) is 48.5 Å². The molecule has 112 valence electrons. The fourth-order valence-corrected chi connectivity index (χ4v) is 2.11. The van der Waals surface area contributed by atoms with Gasteiger partial charge < -0.3 is 10.1 Å². The van der Waals surface area contributed by atoms with Gasteiger partial charge in [-0.25, -0.2) is 4.79 Å². The molecule has 0 radical (unpaired) electrons. The van der Waals surface area contributed by atoms with Crippen LogP contribution in [0.5, 0.6) is 0 Å². The van der Waals surface area contributed by atoms with E-state index in [1.165, 1.54) is 20.1 Å². The monoisotopic (exact) mass is 295 g/mol. The highest BCUT2D eigenvalue weighted by Gasteiger charge is 2.10. The molecule has 0 unspecified atom stereocenters. The lowest BCUT2D eigenvalue weighted by atomic mass is 9.99. The first-order valence-electron chi connectivity index (χ1n) is 6.84. The van der Waals surface area contributed by atoms with Gasteiger partial charge >= 0.3 is 5.97 Å². The van der Waals surface area contributed by atoms with Crippen molar-refractivity contribution in [3.05, 3.63) is 60.2 Å². The molecule has 4 heteroatoms. The highest BCUT2D eigenvalue weighted by Crippen LogP contribution is 2.31. The molecule has 2 aromatic rings. The average molecular weight is 295 g/mol. The number of hydrogen-bond donors (Lipinski definition) is 1. The summed E-state index contributed by atoms with van der Waals surface area (Å²) in [7, 11) is 1.32. The lowest BCUT2D eigenvalue weighted by molar-refractivity contribution is -0.134. The van der Waals surface area contributed by atoms with Crippen LogP contribution in [0, 0.1) is 0 Å². The van der Waals surface area contributed by atoms with Crippen molar-refractivity contribution in [2.75, 3.05) is 12.4 Å². The molecule has 0 aromatic heterocycles. The summed E-state index contributed by atoms with van der Waals surface area (Å²) < 4.78 is 4.59. The Morgan fingerprint density at radius 1 is 1.05 bits per heavy atom. The molecule has 2 aromatic carbocycles. The molecule has 0 aliphatic rings. The van der Waals surface area contributed by atoms with E-state index >= 15 is 0 Å². The molecule has 0 bridgehead atoms. The predicted molar refractivity (Wildman–Crippen MR) is 87.2 cm³/mol. The Labute approximate surface area is 129 Å². The summed E-state index contributed by atoms with van der Waals surface area (Å²) in [4.78, 5) is 22.8. The van der Waals surface area contributed by atoms with Gasteiger partial charge in [-0.05, 0) is 17.2 Å². The van der Waals surface area contributed by atoms with Crippen molar-refractivity contribution in [2.45, 2.75) is 6.92 Å². The van der Waals surface area contributed by atoms with Crippen LogP contribution in [0.3, 0.4) is 0 Å². The Balaban J connectivity index is 2.52. The van der Waals surface area contributed by atoms with Crippen molar-refractivity contribution in [3.8, 4) is 11.1 Å². The number of rotatable bonds is 4. The van der Waals surface area contributed by atoms with Crippen molar-refractivity contribution in [3.63, 3.8) is 0 Å². The van der Waals surface area contributed by atoms with Gasteiger partial charge in [0.15, 0.2) is 0 Å². The van der Waals surface area contributed by atoms with E-state index in [9.17, 15) is 9.59 Å². The highest BCUT2D eigenvalue weighted by molar-refractivity contribution is 5.98. The summed E-state index contributed by atoms with van der Waals surface area (Å²) in [6, 6.07) is 15.4. The number of carbonyl (C=O) groups excluding carboxylic acids is 2. The molecular weight excluding hydrogens is 278 g/mol. The molecule has 0 heterocycles. The first-order valence-corrected chi connectivity index (χ1v) is 6.84. The number of anilines is 1. The molecule has 0 atom stereocenters. The van der Waals surface area contributed by atoms with Crippen molar-refractivity contribution in [2.24, 2.45) is 0 Å². The molecule has 1 amide bonds. The van der Waals surface area contributed by atoms with E-state index in [0.717, 1.165) is 16.7 Å². The minimum absolute atomic E-state index is 0.170. The van der Waals surface area contributed by atoms with Gasteiger partial charge in [0.05, 0.1) is 12.8 Å². The van der Waals surface area contributed by atoms with Gasteiger partial charge in [0, 0.05) is 18.6 Å². The Hall–Kier alpha value is -2.88. The van der Waals surface area contributed by atoms with Crippen molar-refractivity contribution in [1.29, 1.82) is 0 Å². The van der Waals surface area contributed by atoms with Crippen molar-refractivity contribution < 1.29 is 14.3 Å². The van der Waals surface area contributed by atoms with Crippen LogP contribution in [0.4, 0.5) is 5.69 Å².